The van der Waals surface area contributed by atoms with Crippen molar-refractivity contribution in [3.63, 3.8) is 0 Å². The first kappa shape index (κ1) is 24.6. The minimum absolute atomic E-state index is 0. The van der Waals surface area contributed by atoms with Crippen molar-refractivity contribution >= 4 is 30.7 Å². The fourth-order valence-electron chi connectivity index (χ4n) is 5.92. The minimum atomic E-state index is -0.157. The number of rotatable bonds is 4. The maximum Gasteiger partial charge on any atom is 0.254 e. The van der Waals surface area contributed by atoms with E-state index in [0.717, 1.165) is 49.2 Å². The second-order valence-electron chi connectivity index (χ2n) is 9.39. The molecular weight excluding hydrogens is 437 g/mol. The maximum atomic E-state index is 13.4. The first-order chi connectivity index (χ1) is 14.1. The summed E-state index contributed by atoms with van der Waals surface area (Å²) in [5, 5.41) is 7.12. The molecule has 31 heavy (non-hydrogen) atoms. The smallest absolute Gasteiger partial charge is 0.254 e. The van der Waals surface area contributed by atoms with Crippen LogP contribution in [0.15, 0.2) is 18.2 Å². The van der Waals surface area contributed by atoms with Crippen LogP contribution in [0.25, 0.3) is 0 Å². The third-order valence-corrected chi connectivity index (χ3v) is 7.31. The van der Waals surface area contributed by atoms with E-state index in [2.05, 4.69) is 16.7 Å². The lowest BCUT2D eigenvalue weighted by Gasteiger charge is -2.47. The number of nitrogens with zero attached hydrogens (tertiary/aromatic N) is 1. The average Bonchev–Trinajstić information content (AvgIpc) is 3.37. The Bertz CT molecular complexity index is 760. The lowest BCUT2D eigenvalue weighted by molar-refractivity contribution is -0.122. The quantitative estimate of drug-likeness (QED) is 0.706. The summed E-state index contributed by atoms with van der Waals surface area (Å²) in [5.41, 5.74) is 1.77. The normalized spacial score (nSPS) is 31.8. The molecule has 4 aliphatic rings. The number of nitrogens with one attached hydrogen (secondary N) is 2. The molecule has 1 aromatic carbocycles. The number of hydrogen-bond donors (Lipinski definition) is 2. The molecule has 4 fully saturated rings. The highest BCUT2D eigenvalue weighted by atomic mass is 35.5. The number of carbonyl (C=O) groups is 1. The monoisotopic (exact) mass is 471 g/mol. The van der Waals surface area contributed by atoms with Gasteiger partial charge < -0.3 is 25.0 Å². The van der Waals surface area contributed by atoms with Crippen molar-refractivity contribution in [1.82, 2.24) is 15.5 Å². The summed E-state index contributed by atoms with van der Waals surface area (Å²) in [5.74, 6) is 1.64. The van der Waals surface area contributed by atoms with Crippen molar-refractivity contribution in [3.8, 4) is 5.75 Å². The number of methoxy groups -OCH3 is 1. The molecule has 0 aliphatic carbocycles. The van der Waals surface area contributed by atoms with Gasteiger partial charge >= 0.3 is 0 Å². The van der Waals surface area contributed by atoms with Crippen LogP contribution in [0, 0.1) is 5.92 Å². The Morgan fingerprint density at radius 2 is 2.00 bits per heavy atom. The lowest BCUT2D eigenvalue weighted by Crippen LogP contribution is -2.60. The van der Waals surface area contributed by atoms with Crippen LogP contribution in [0.3, 0.4) is 0 Å². The molecule has 2 bridgehead atoms. The van der Waals surface area contributed by atoms with Crippen LogP contribution in [-0.2, 0) is 11.2 Å². The van der Waals surface area contributed by atoms with Gasteiger partial charge in [-0.3, -0.25) is 4.79 Å². The van der Waals surface area contributed by atoms with Gasteiger partial charge in [0.15, 0.2) is 0 Å². The Hall–Kier alpha value is -1.05. The molecule has 4 saturated heterocycles. The summed E-state index contributed by atoms with van der Waals surface area (Å²) in [7, 11) is 1.71. The number of piperidine rings is 1. The van der Waals surface area contributed by atoms with E-state index in [4.69, 9.17) is 9.47 Å². The molecule has 1 amide bonds. The summed E-state index contributed by atoms with van der Waals surface area (Å²) >= 11 is 0. The van der Waals surface area contributed by atoms with E-state index in [1.54, 1.807) is 7.11 Å². The number of hydrogen-bond acceptors (Lipinski definition) is 5. The summed E-state index contributed by atoms with van der Waals surface area (Å²) < 4.78 is 11.9. The van der Waals surface area contributed by atoms with E-state index in [0.29, 0.717) is 37.7 Å². The molecule has 5 rings (SSSR count). The fourth-order valence-corrected chi connectivity index (χ4v) is 5.92. The van der Waals surface area contributed by atoms with Crippen molar-refractivity contribution in [1.29, 1.82) is 0 Å². The van der Waals surface area contributed by atoms with Crippen LogP contribution in [-0.4, -0.2) is 68.4 Å². The van der Waals surface area contributed by atoms with Gasteiger partial charge in [-0.25, -0.2) is 0 Å². The highest BCUT2D eigenvalue weighted by Gasteiger charge is 2.47. The van der Waals surface area contributed by atoms with Gasteiger partial charge in [-0.2, -0.15) is 0 Å². The Labute approximate surface area is 197 Å². The average molecular weight is 472 g/mol. The van der Waals surface area contributed by atoms with Gasteiger partial charge in [0.25, 0.3) is 5.91 Å². The van der Waals surface area contributed by atoms with Gasteiger partial charge in [-0.15, -0.1) is 24.8 Å². The Balaban J connectivity index is 0.00000136. The molecule has 0 saturated carbocycles. The highest BCUT2D eigenvalue weighted by Crippen LogP contribution is 2.39. The van der Waals surface area contributed by atoms with E-state index in [9.17, 15) is 4.79 Å². The van der Waals surface area contributed by atoms with Crippen molar-refractivity contribution < 1.29 is 14.3 Å². The molecule has 1 spiro atoms. The molecule has 0 aromatic heterocycles. The number of amides is 1. The van der Waals surface area contributed by atoms with E-state index < -0.39 is 0 Å². The van der Waals surface area contributed by atoms with Gasteiger partial charge in [0.2, 0.25) is 0 Å². The summed E-state index contributed by atoms with van der Waals surface area (Å²) in [4.78, 5) is 15.4. The van der Waals surface area contributed by atoms with Gasteiger partial charge in [-0.1, -0.05) is 0 Å². The SMILES string of the molecule is COc1ccc(C(=O)N2CCOC3(C[C@H]4CC[C@@H](C3)N4)C2)cc1CC1CCNC1.Cl.Cl. The van der Waals surface area contributed by atoms with Crippen LogP contribution in [0.2, 0.25) is 0 Å². The van der Waals surface area contributed by atoms with Gasteiger partial charge in [-0.05, 0) is 81.3 Å². The Morgan fingerprint density at radius 1 is 1.23 bits per heavy atom. The zero-order chi connectivity index (χ0) is 19.8. The second-order valence-corrected chi connectivity index (χ2v) is 9.39. The molecule has 1 aromatic rings. The van der Waals surface area contributed by atoms with Gasteiger partial charge in [0.1, 0.15) is 5.75 Å². The van der Waals surface area contributed by atoms with Crippen molar-refractivity contribution in [3.05, 3.63) is 29.3 Å². The third-order valence-electron chi connectivity index (χ3n) is 7.31. The molecule has 6 nitrogen and oxygen atoms in total. The number of ether oxygens (including phenoxy) is 2. The predicted octanol–water partition coefficient (Wildman–Crippen LogP) is 2.82. The van der Waals surface area contributed by atoms with E-state index in [1.165, 1.54) is 19.3 Å². The number of benzene rings is 1. The zero-order valence-corrected chi connectivity index (χ0v) is 19.9. The molecule has 4 atom stereocenters. The first-order valence-corrected chi connectivity index (χ1v) is 11.2. The number of halogens is 2. The van der Waals surface area contributed by atoms with E-state index >= 15 is 0 Å². The third kappa shape index (κ3) is 5.14. The summed E-state index contributed by atoms with van der Waals surface area (Å²) in [6, 6.07) is 7.05. The van der Waals surface area contributed by atoms with Crippen LogP contribution in [0.5, 0.6) is 5.75 Å². The molecule has 4 aliphatic heterocycles. The van der Waals surface area contributed by atoms with E-state index in [1.807, 2.05) is 17.0 Å². The molecule has 0 radical (unpaired) electrons. The lowest BCUT2D eigenvalue weighted by atomic mass is 9.85. The number of carbonyl (C=O) groups excluding carboxylic acids is 1. The van der Waals surface area contributed by atoms with Gasteiger partial charge in [0.05, 0.1) is 25.9 Å². The summed E-state index contributed by atoms with van der Waals surface area (Å²) in [6.07, 6.45) is 6.66. The van der Waals surface area contributed by atoms with Crippen molar-refractivity contribution in [2.75, 3.05) is 39.9 Å². The van der Waals surface area contributed by atoms with Gasteiger partial charge in [0, 0.05) is 24.2 Å². The molecule has 2 unspecified atom stereocenters. The van der Waals surface area contributed by atoms with Crippen LogP contribution >= 0.6 is 24.8 Å². The molecule has 174 valence electrons. The Morgan fingerprint density at radius 3 is 2.68 bits per heavy atom. The number of morpholine rings is 1. The zero-order valence-electron chi connectivity index (χ0n) is 18.2. The molecular formula is C23H35Cl2N3O3. The summed E-state index contributed by atoms with van der Waals surface area (Å²) in [6.45, 7) is 4.16. The Kier molecular flexibility index (Phi) is 8.14. The molecule has 2 N–H and O–H groups in total. The molecule has 8 heteroatoms. The van der Waals surface area contributed by atoms with Crippen LogP contribution in [0.4, 0.5) is 0 Å². The minimum Gasteiger partial charge on any atom is -0.496 e. The standard InChI is InChI=1S/C23H33N3O3.2ClH/c1-28-21-5-2-17(11-18(21)10-16-6-7-24-14-16)22(27)26-8-9-29-23(15-26)12-19-3-4-20(13-23)25-19;;/h2,5,11,16,19-20,24-25H,3-4,6-10,12-15H2,1H3;2*1H/t16?,19-,20+,23?;;. The first-order valence-electron chi connectivity index (χ1n) is 11.2. The fraction of sp³-hybridized carbons (Fsp3) is 0.696. The maximum absolute atomic E-state index is 13.4. The largest absolute Gasteiger partial charge is 0.496 e. The van der Waals surface area contributed by atoms with Crippen molar-refractivity contribution in [2.45, 2.75) is 56.2 Å². The number of fused-ring (bicyclic) bond motifs is 2. The second kappa shape index (κ2) is 10.3. The van der Waals surface area contributed by atoms with Crippen LogP contribution < -0.4 is 15.4 Å². The topological polar surface area (TPSA) is 62.8 Å². The van der Waals surface area contributed by atoms with Crippen molar-refractivity contribution in [2.24, 2.45) is 5.92 Å². The molecule has 4 heterocycles. The predicted molar refractivity (Wildman–Crippen MR) is 126 cm³/mol. The van der Waals surface area contributed by atoms with Crippen LogP contribution in [0.1, 0.15) is 48.0 Å². The van der Waals surface area contributed by atoms with E-state index in [-0.39, 0.29) is 36.3 Å². The highest BCUT2D eigenvalue weighted by molar-refractivity contribution is 5.94.